The van der Waals surface area contributed by atoms with E-state index in [1.165, 1.54) is 18.6 Å². The molecular weight excluding hydrogens is 445 g/mol. The van der Waals surface area contributed by atoms with Crippen LogP contribution in [-0.4, -0.2) is 55.2 Å². The molecule has 0 aliphatic carbocycles. The molecule has 0 aromatic heterocycles. The van der Waals surface area contributed by atoms with Gasteiger partial charge in [0.25, 0.3) is 0 Å². The summed E-state index contributed by atoms with van der Waals surface area (Å²) in [6.45, 7) is 5.99. The van der Waals surface area contributed by atoms with Crippen LogP contribution in [0.2, 0.25) is 0 Å². The molecule has 0 atom stereocenters. The van der Waals surface area contributed by atoms with E-state index < -0.39 is 0 Å². The van der Waals surface area contributed by atoms with Crippen LogP contribution in [0.3, 0.4) is 0 Å². The van der Waals surface area contributed by atoms with E-state index >= 15 is 0 Å². The highest BCUT2D eigenvalue weighted by Gasteiger charge is 2.22. The zero-order valence-electron chi connectivity index (χ0n) is 15.4. The maximum Gasteiger partial charge on any atom is 0.193 e. The van der Waals surface area contributed by atoms with E-state index in [0.29, 0.717) is 6.10 Å². The van der Waals surface area contributed by atoms with Gasteiger partial charge in [-0.2, -0.15) is 11.8 Å². The van der Waals surface area contributed by atoms with Gasteiger partial charge in [-0.1, -0.05) is 18.2 Å². The average Bonchev–Trinajstić information content (AvgIpc) is 2.62. The minimum absolute atomic E-state index is 0. The van der Waals surface area contributed by atoms with Crippen LogP contribution in [-0.2, 0) is 0 Å². The topological polar surface area (TPSA) is 36.9 Å². The number of likely N-dealkylation sites (tertiary alicyclic amines) is 1. The van der Waals surface area contributed by atoms with Gasteiger partial charge in [0.1, 0.15) is 11.9 Å². The lowest BCUT2D eigenvalue weighted by Gasteiger charge is -2.34. The fourth-order valence-electron chi connectivity index (χ4n) is 2.85. The molecule has 25 heavy (non-hydrogen) atoms. The number of piperidine rings is 1. The fraction of sp³-hybridized carbons (Fsp3) is 0.632. The van der Waals surface area contributed by atoms with Crippen LogP contribution in [0, 0.1) is 0 Å². The molecule has 0 spiro atoms. The van der Waals surface area contributed by atoms with Gasteiger partial charge < -0.3 is 15.0 Å². The highest BCUT2D eigenvalue weighted by molar-refractivity contribution is 14.0. The molecular formula is C19H32IN3OS. The molecule has 1 fully saturated rings. The number of hydrogen-bond acceptors (Lipinski definition) is 3. The number of guanidine groups is 1. The first kappa shape index (κ1) is 22.4. The molecule has 1 aliphatic heterocycles. The molecule has 1 heterocycles. The lowest BCUT2D eigenvalue weighted by molar-refractivity contribution is 0.129. The number of thioether (sulfide) groups is 1. The summed E-state index contributed by atoms with van der Waals surface area (Å²) in [6.07, 6.45) is 6.99. The second-order valence-electron chi connectivity index (χ2n) is 6.05. The predicted molar refractivity (Wildman–Crippen MR) is 121 cm³/mol. The summed E-state index contributed by atoms with van der Waals surface area (Å²) in [7, 11) is 0. The number of nitrogens with zero attached hydrogens (tertiary/aromatic N) is 2. The highest BCUT2D eigenvalue weighted by atomic mass is 127. The molecule has 2 rings (SSSR count). The Morgan fingerprint density at radius 1 is 1.24 bits per heavy atom. The molecule has 0 unspecified atom stereocenters. The van der Waals surface area contributed by atoms with Crippen LogP contribution in [0.4, 0.5) is 0 Å². The van der Waals surface area contributed by atoms with Crippen molar-refractivity contribution in [2.45, 2.75) is 38.7 Å². The summed E-state index contributed by atoms with van der Waals surface area (Å²) in [5.41, 5.74) is 0. The number of benzene rings is 1. The van der Waals surface area contributed by atoms with Crippen LogP contribution in [0.25, 0.3) is 0 Å². The molecule has 0 radical (unpaired) electrons. The number of nitrogens with one attached hydrogen (secondary N) is 1. The Morgan fingerprint density at radius 2 is 1.96 bits per heavy atom. The van der Waals surface area contributed by atoms with E-state index in [1.54, 1.807) is 0 Å². The predicted octanol–water partition coefficient (Wildman–Crippen LogP) is 4.26. The van der Waals surface area contributed by atoms with Gasteiger partial charge >= 0.3 is 0 Å². The van der Waals surface area contributed by atoms with Gasteiger partial charge in [-0.15, -0.1) is 24.0 Å². The Morgan fingerprint density at radius 3 is 2.60 bits per heavy atom. The molecule has 0 bridgehead atoms. The van der Waals surface area contributed by atoms with Gasteiger partial charge in [0.15, 0.2) is 5.96 Å². The van der Waals surface area contributed by atoms with Crippen molar-refractivity contribution in [1.82, 2.24) is 10.2 Å². The second kappa shape index (κ2) is 13.6. The monoisotopic (exact) mass is 477 g/mol. The molecule has 4 nitrogen and oxygen atoms in total. The van der Waals surface area contributed by atoms with E-state index in [4.69, 9.17) is 9.73 Å². The first-order valence-corrected chi connectivity index (χ1v) is 10.5. The smallest absolute Gasteiger partial charge is 0.193 e. The second-order valence-corrected chi connectivity index (χ2v) is 7.04. The Kier molecular flexibility index (Phi) is 12.2. The largest absolute Gasteiger partial charge is 0.490 e. The summed E-state index contributed by atoms with van der Waals surface area (Å²) < 4.78 is 6.08. The van der Waals surface area contributed by atoms with Crippen molar-refractivity contribution in [3.05, 3.63) is 30.3 Å². The maximum atomic E-state index is 6.08. The van der Waals surface area contributed by atoms with Crippen LogP contribution in [0.5, 0.6) is 5.75 Å². The summed E-state index contributed by atoms with van der Waals surface area (Å²) in [5.74, 6) is 3.28. The van der Waals surface area contributed by atoms with E-state index in [2.05, 4.69) is 23.4 Å². The van der Waals surface area contributed by atoms with Crippen molar-refractivity contribution >= 4 is 41.7 Å². The minimum Gasteiger partial charge on any atom is -0.490 e. The quantitative estimate of drug-likeness (QED) is 0.263. The Hall–Kier alpha value is -0.630. The standard InChI is InChI=1S/C19H31N3OS.HI/c1-3-20-19(21-13-7-8-16-24-2)22-14-11-18(12-15-22)23-17-9-5-4-6-10-17;/h4-6,9-10,18H,3,7-8,11-16H2,1-2H3,(H,20,21);1H. The number of para-hydroxylation sites is 1. The molecule has 1 saturated heterocycles. The molecule has 1 N–H and O–H groups in total. The summed E-state index contributed by atoms with van der Waals surface area (Å²) >= 11 is 1.91. The van der Waals surface area contributed by atoms with E-state index in [1.807, 2.05) is 42.1 Å². The summed E-state index contributed by atoms with van der Waals surface area (Å²) in [5, 5.41) is 3.44. The molecule has 0 saturated carbocycles. The van der Waals surface area contributed by atoms with Gasteiger partial charge in [-0.25, -0.2) is 0 Å². The number of hydrogen-bond donors (Lipinski definition) is 1. The van der Waals surface area contributed by atoms with Crippen molar-refractivity contribution in [1.29, 1.82) is 0 Å². The third kappa shape index (κ3) is 8.53. The summed E-state index contributed by atoms with van der Waals surface area (Å²) in [4.78, 5) is 7.18. The van der Waals surface area contributed by atoms with Crippen LogP contribution >= 0.6 is 35.7 Å². The van der Waals surface area contributed by atoms with E-state index in [-0.39, 0.29) is 24.0 Å². The number of ether oxygens (including phenoxy) is 1. The van der Waals surface area contributed by atoms with Gasteiger partial charge in [-0.05, 0) is 43.9 Å². The van der Waals surface area contributed by atoms with Crippen molar-refractivity contribution in [2.24, 2.45) is 4.99 Å². The lowest BCUT2D eigenvalue weighted by Crippen LogP contribution is -2.47. The minimum atomic E-state index is 0. The number of halogens is 1. The molecule has 6 heteroatoms. The molecule has 1 aliphatic rings. The molecule has 142 valence electrons. The fourth-order valence-corrected chi connectivity index (χ4v) is 3.34. The zero-order valence-corrected chi connectivity index (χ0v) is 18.6. The van der Waals surface area contributed by atoms with Crippen molar-refractivity contribution in [3.8, 4) is 5.75 Å². The Labute approximate surface area is 174 Å². The third-order valence-corrected chi connectivity index (χ3v) is 4.84. The average molecular weight is 477 g/mol. The van der Waals surface area contributed by atoms with Gasteiger partial charge in [-0.3, -0.25) is 4.99 Å². The zero-order chi connectivity index (χ0) is 17.0. The first-order chi connectivity index (χ1) is 11.8. The number of aliphatic imine (C=N–C) groups is 1. The Bertz CT molecular complexity index is 479. The van der Waals surface area contributed by atoms with Crippen LogP contribution in [0.15, 0.2) is 35.3 Å². The normalized spacial score (nSPS) is 15.6. The number of rotatable bonds is 8. The molecule has 0 amide bonds. The SMILES string of the molecule is CCNC(=NCCCCSC)N1CCC(Oc2ccccc2)CC1.I. The van der Waals surface area contributed by atoms with Gasteiger partial charge in [0.2, 0.25) is 0 Å². The highest BCUT2D eigenvalue weighted by Crippen LogP contribution is 2.18. The first-order valence-electron chi connectivity index (χ1n) is 9.07. The Balaban J connectivity index is 0.00000312. The number of unbranched alkanes of at least 4 members (excludes halogenated alkanes) is 1. The van der Waals surface area contributed by atoms with E-state index in [9.17, 15) is 0 Å². The van der Waals surface area contributed by atoms with Crippen molar-refractivity contribution in [3.63, 3.8) is 0 Å². The molecule has 1 aromatic carbocycles. The maximum absolute atomic E-state index is 6.08. The lowest BCUT2D eigenvalue weighted by atomic mass is 10.1. The van der Waals surface area contributed by atoms with Crippen molar-refractivity contribution in [2.75, 3.05) is 38.2 Å². The molecule has 1 aromatic rings. The third-order valence-electron chi connectivity index (χ3n) is 4.14. The van der Waals surface area contributed by atoms with Gasteiger partial charge in [0, 0.05) is 39.0 Å². The van der Waals surface area contributed by atoms with Crippen LogP contribution in [0.1, 0.15) is 32.6 Å². The van der Waals surface area contributed by atoms with Crippen LogP contribution < -0.4 is 10.1 Å². The van der Waals surface area contributed by atoms with Crippen molar-refractivity contribution < 1.29 is 4.74 Å². The van der Waals surface area contributed by atoms with Gasteiger partial charge in [0.05, 0.1) is 0 Å². The van der Waals surface area contributed by atoms with E-state index in [0.717, 1.165) is 50.7 Å². The summed E-state index contributed by atoms with van der Waals surface area (Å²) in [6, 6.07) is 10.1.